The molecule has 2 amide bonds. The molecule has 0 radical (unpaired) electrons. The molecule has 0 bridgehead atoms. The zero-order chi connectivity index (χ0) is 21.3. The van der Waals surface area contributed by atoms with Gasteiger partial charge in [0.1, 0.15) is 0 Å². The van der Waals surface area contributed by atoms with E-state index >= 15 is 0 Å². The van der Waals surface area contributed by atoms with Crippen molar-refractivity contribution in [1.82, 2.24) is 10.2 Å². The maximum absolute atomic E-state index is 13.3. The Kier molecular flexibility index (Phi) is 5.39. The second kappa shape index (κ2) is 7.99. The molecular formula is C23H27N3O4. The largest absolute Gasteiger partial charge is 0.493 e. The standard InChI is InChI=1S/C23H27N3O4/c1-26-13-18(22(28)24-16-8-9-19(29-2)20(12-16)30-3)23(14-26)11-10-15-6-4-5-7-17(15)21(27)25-23/h4-9,12,18H,10-11,13-14H2,1-3H3,(H,24,28)(H,25,27)/t18-,23+/m0/s1. The van der Waals surface area contributed by atoms with Crippen molar-refractivity contribution in [2.24, 2.45) is 5.92 Å². The van der Waals surface area contributed by atoms with Gasteiger partial charge in [-0.2, -0.15) is 0 Å². The van der Waals surface area contributed by atoms with Gasteiger partial charge in [0.25, 0.3) is 5.91 Å². The van der Waals surface area contributed by atoms with Crippen LogP contribution in [0.5, 0.6) is 11.5 Å². The number of nitrogens with zero attached hydrogens (tertiary/aromatic N) is 1. The Morgan fingerprint density at radius 1 is 1.17 bits per heavy atom. The zero-order valence-electron chi connectivity index (χ0n) is 17.5. The van der Waals surface area contributed by atoms with E-state index in [1.807, 2.05) is 31.3 Å². The summed E-state index contributed by atoms with van der Waals surface area (Å²) < 4.78 is 10.6. The molecule has 1 fully saturated rings. The number of hydrogen-bond acceptors (Lipinski definition) is 5. The molecule has 2 heterocycles. The lowest BCUT2D eigenvalue weighted by atomic mass is 9.82. The van der Waals surface area contributed by atoms with E-state index in [2.05, 4.69) is 15.5 Å². The Balaban J connectivity index is 1.59. The van der Waals surface area contributed by atoms with Crippen molar-refractivity contribution in [3.05, 3.63) is 53.6 Å². The number of likely N-dealkylation sites (tertiary alicyclic amines) is 1. The maximum Gasteiger partial charge on any atom is 0.252 e. The minimum absolute atomic E-state index is 0.109. The average molecular weight is 409 g/mol. The molecule has 2 aliphatic rings. The molecule has 30 heavy (non-hydrogen) atoms. The topological polar surface area (TPSA) is 79.9 Å². The van der Waals surface area contributed by atoms with Gasteiger partial charge >= 0.3 is 0 Å². The summed E-state index contributed by atoms with van der Waals surface area (Å²) >= 11 is 0. The lowest BCUT2D eigenvalue weighted by Crippen LogP contribution is -2.56. The third-order valence-electron chi connectivity index (χ3n) is 6.15. The fourth-order valence-electron chi connectivity index (χ4n) is 4.67. The maximum atomic E-state index is 13.3. The third-order valence-corrected chi connectivity index (χ3v) is 6.15. The lowest BCUT2D eigenvalue weighted by molar-refractivity contribution is -0.121. The van der Waals surface area contributed by atoms with Gasteiger partial charge in [0.2, 0.25) is 5.91 Å². The summed E-state index contributed by atoms with van der Waals surface area (Å²) in [7, 11) is 5.11. The van der Waals surface area contributed by atoms with Crippen LogP contribution in [-0.2, 0) is 11.2 Å². The van der Waals surface area contributed by atoms with Crippen LogP contribution in [0.3, 0.4) is 0 Å². The number of fused-ring (bicyclic) bond motifs is 1. The van der Waals surface area contributed by atoms with Gasteiger partial charge in [0.05, 0.1) is 25.7 Å². The molecule has 7 heteroatoms. The average Bonchev–Trinajstić information content (AvgIpc) is 3.00. The monoisotopic (exact) mass is 409 g/mol. The number of rotatable bonds is 4. The van der Waals surface area contributed by atoms with E-state index in [-0.39, 0.29) is 17.7 Å². The summed E-state index contributed by atoms with van der Waals surface area (Å²) in [4.78, 5) is 28.4. The molecule has 0 unspecified atom stereocenters. The summed E-state index contributed by atoms with van der Waals surface area (Å²) in [6, 6.07) is 12.9. The number of likely N-dealkylation sites (N-methyl/N-ethyl adjacent to an activating group) is 1. The Bertz CT molecular complexity index is 977. The van der Waals surface area contributed by atoms with Crippen molar-refractivity contribution >= 4 is 17.5 Å². The fraction of sp³-hybridized carbons (Fsp3) is 0.391. The quantitative estimate of drug-likeness (QED) is 0.810. The van der Waals surface area contributed by atoms with Gasteiger partial charge in [0.15, 0.2) is 11.5 Å². The summed E-state index contributed by atoms with van der Waals surface area (Å²) in [5.41, 5.74) is 1.75. The highest BCUT2D eigenvalue weighted by Crippen LogP contribution is 2.36. The van der Waals surface area contributed by atoms with Crippen LogP contribution < -0.4 is 20.1 Å². The van der Waals surface area contributed by atoms with Gasteiger partial charge < -0.3 is 25.0 Å². The number of nitrogens with one attached hydrogen (secondary N) is 2. The minimum atomic E-state index is -0.606. The molecule has 1 saturated heterocycles. The second-order valence-electron chi connectivity index (χ2n) is 8.08. The van der Waals surface area contributed by atoms with E-state index in [1.54, 1.807) is 32.4 Å². The Hall–Kier alpha value is -3.06. The highest BCUT2D eigenvalue weighted by Gasteiger charge is 2.51. The Morgan fingerprint density at radius 3 is 2.70 bits per heavy atom. The van der Waals surface area contributed by atoms with Crippen molar-refractivity contribution in [3.63, 3.8) is 0 Å². The van der Waals surface area contributed by atoms with E-state index in [1.165, 1.54) is 0 Å². The van der Waals surface area contributed by atoms with Crippen LogP contribution in [0, 0.1) is 5.92 Å². The number of aryl methyl sites for hydroxylation is 1. The van der Waals surface area contributed by atoms with Crippen LogP contribution in [-0.4, -0.2) is 56.6 Å². The minimum Gasteiger partial charge on any atom is -0.493 e. The number of anilines is 1. The highest BCUT2D eigenvalue weighted by molar-refractivity contribution is 5.99. The van der Waals surface area contributed by atoms with E-state index in [0.717, 1.165) is 12.0 Å². The normalized spacial score (nSPS) is 23.4. The lowest BCUT2D eigenvalue weighted by Gasteiger charge is -2.34. The molecule has 0 aliphatic carbocycles. The fourth-order valence-corrected chi connectivity index (χ4v) is 4.67. The number of methoxy groups -OCH3 is 2. The van der Waals surface area contributed by atoms with Crippen LogP contribution in [0.25, 0.3) is 0 Å². The Labute approximate surface area is 176 Å². The molecule has 0 aromatic heterocycles. The van der Waals surface area contributed by atoms with Gasteiger partial charge in [-0.15, -0.1) is 0 Å². The first-order valence-corrected chi connectivity index (χ1v) is 10.1. The number of carbonyl (C=O) groups is 2. The summed E-state index contributed by atoms with van der Waals surface area (Å²) in [6.07, 6.45) is 1.47. The van der Waals surface area contributed by atoms with Crippen LogP contribution in [0.4, 0.5) is 5.69 Å². The number of amides is 2. The highest BCUT2D eigenvalue weighted by atomic mass is 16.5. The smallest absolute Gasteiger partial charge is 0.252 e. The Morgan fingerprint density at radius 2 is 1.93 bits per heavy atom. The summed E-state index contributed by atoms with van der Waals surface area (Å²) in [6.45, 7) is 1.21. The molecule has 1 spiro atoms. The van der Waals surface area contributed by atoms with E-state index in [9.17, 15) is 9.59 Å². The first kappa shape index (κ1) is 20.2. The van der Waals surface area contributed by atoms with Gasteiger partial charge in [0, 0.05) is 30.4 Å². The zero-order valence-corrected chi connectivity index (χ0v) is 17.5. The molecule has 2 N–H and O–H groups in total. The van der Waals surface area contributed by atoms with Crippen molar-refractivity contribution in [1.29, 1.82) is 0 Å². The van der Waals surface area contributed by atoms with E-state index in [4.69, 9.17) is 9.47 Å². The van der Waals surface area contributed by atoms with Gasteiger partial charge in [-0.3, -0.25) is 9.59 Å². The van der Waals surface area contributed by atoms with Gasteiger partial charge in [-0.25, -0.2) is 0 Å². The number of carbonyl (C=O) groups excluding carboxylic acids is 2. The number of hydrogen-bond donors (Lipinski definition) is 2. The molecule has 158 valence electrons. The first-order valence-electron chi connectivity index (χ1n) is 10.1. The molecule has 2 aromatic carbocycles. The number of ether oxygens (including phenoxy) is 2. The van der Waals surface area contributed by atoms with Crippen molar-refractivity contribution in [2.45, 2.75) is 18.4 Å². The van der Waals surface area contributed by atoms with Gasteiger partial charge in [-0.05, 0) is 43.7 Å². The van der Waals surface area contributed by atoms with Gasteiger partial charge in [-0.1, -0.05) is 18.2 Å². The molecule has 2 aromatic rings. The van der Waals surface area contributed by atoms with Crippen LogP contribution >= 0.6 is 0 Å². The van der Waals surface area contributed by atoms with Crippen molar-refractivity contribution in [3.8, 4) is 11.5 Å². The van der Waals surface area contributed by atoms with E-state index < -0.39 is 5.54 Å². The van der Waals surface area contributed by atoms with Crippen LogP contribution in [0.2, 0.25) is 0 Å². The number of benzene rings is 2. The van der Waals surface area contributed by atoms with Crippen LogP contribution in [0.15, 0.2) is 42.5 Å². The predicted octanol–water partition coefficient (Wildman–Crippen LogP) is 2.32. The third kappa shape index (κ3) is 3.61. The first-order chi connectivity index (χ1) is 14.5. The molecule has 2 atom stereocenters. The molecule has 0 saturated carbocycles. The molecular weight excluding hydrogens is 382 g/mol. The molecule has 7 nitrogen and oxygen atoms in total. The molecule has 4 rings (SSSR count). The van der Waals surface area contributed by atoms with Crippen molar-refractivity contribution in [2.75, 3.05) is 39.7 Å². The summed E-state index contributed by atoms with van der Waals surface area (Å²) in [5.74, 6) is 0.558. The predicted molar refractivity (Wildman–Crippen MR) is 114 cm³/mol. The van der Waals surface area contributed by atoms with E-state index in [0.29, 0.717) is 42.3 Å². The van der Waals surface area contributed by atoms with Crippen molar-refractivity contribution < 1.29 is 19.1 Å². The summed E-state index contributed by atoms with van der Waals surface area (Å²) in [5, 5.41) is 6.22. The van der Waals surface area contributed by atoms with Crippen LogP contribution in [0.1, 0.15) is 22.3 Å². The second-order valence-corrected chi connectivity index (χ2v) is 8.08. The molecule has 2 aliphatic heterocycles. The SMILES string of the molecule is COc1ccc(NC(=O)[C@@H]2CN(C)C[C@]23CCc2ccccc2C(=O)N3)cc1OC.